The van der Waals surface area contributed by atoms with Gasteiger partial charge in [-0.25, -0.2) is 4.99 Å². The molecular formula is C16H21N5O2. The molecule has 2 amide bonds. The van der Waals surface area contributed by atoms with Crippen molar-refractivity contribution in [1.82, 2.24) is 15.5 Å². The van der Waals surface area contributed by atoms with E-state index in [9.17, 15) is 9.59 Å². The summed E-state index contributed by atoms with van der Waals surface area (Å²) in [7, 11) is 0. The number of guanidine groups is 1. The van der Waals surface area contributed by atoms with Gasteiger partial charge in [0.1, 0.15) is 0 Å². The number of rotatable bonds is 4. The van der Waals surface area contributed by atoms with E-state index < -0.39 is 0 Å². The van der Waals surface area contributed by atoms with Crippen LogP contribution in [-0.4, -0.2) is 48.3 Å². The van der Waals surface area contributed by atoms with Crippen LogP contribution in [0.15, 0.2) is 29.3 Å². The zero-order chi connectivity index (χ0) is 16.2. The number of carbonyl (C=O) groups is 2. The summed E-state index contributed by atoms with van der Waals surface area (Å²) in [5.41, 5.74) is 7.36. The fourth-order valence-electron chi connectivity index (χ4n) is 2.41. The standard InChI is InChI=1S/C16H21N5O2/c17-16(20-13-5-6-13)19-9-11-1-3-12(4-2-11)15(23)21-8-7-18-14(22)10-21/h1-4,13H,5-10H2,(H,18,22)(H3,17,19,20). The summed E-state index contributed by atoms with van der Waals surface area (Å²) in [4.78, 5) is 29.5. The Hall–Kier alpha value is -2.57. The van der Waals surface area contributed by atoms with E-state index in [1.165, 1.54) is 0 Å². The predicted octanol–water partition coefficient (Wildman–Crippen LogP) is -0.175. The number of hydrogen-bond donors (Lipinski definition) is 3. The molecule has 1 saturated carbocycles. The number of piperazine rings is 1. The lowest BCUT2D eigenvalue weighted by atomic mass is 10.1. The van der Waals surface area contributed by atoms with Gasteiger partial charge in [0.2, 0.25) is 5.91 Å². The molecule has 7 nitrogen and oxygen atoms in total. The third-order valence-electron chi connectivity index (χ3n) is 3.89. The summed E-state index contributed by atoms with van der Waals surface area (Å²) in [6.07, 6.45) is 2.31. The van der Waals surface area contributed by atoms with Crippen molar-refractivity contribution in [3.63, 3.8) is 0 Å². The predicted molar refractivity (Wildman–Crippen MR) is 86.8 cm³/mol. The summed E-state index contributed by atoms with van der Waals surface area (Å²) in [6.45, 7) is 1.64. The molecule has 0 atom stereocenters. The summed E-state index contributed by atoms with van der Waals surface area (Å²) < 4.78 is 0. The van der Waals surface area contributed by atoms with Gasteiger partial charge < -0.3 is 21.3 Å². The van der Waals surface area contributed by atoms with Gasteiger partial charge in [0.05, 0.1) is 13.1 Å². The number of benzene rings is 1. The van der Waals surface area contributed by atoms with Crippen molar-refractivity contribution in [2.24, 2.45) is 10.7 Å². The van der Waals surface area contributed by atoms with E-state index in [4.69, 9.17) is 5.73 Å². The van der Waals surface area contributed by atoms with Crippen molar-refractivity contribution in [1.29, 1.82) is 0 Å². The minimum absolute atomic E-state index is 0.116. The Morgan fingerprint density at radius 3 is 2.74 bits per heavy atom. The molecular weight excluding hydrogens is 294 g/mol. The Morgan fingerprint density at radius 1 is 1.35 bits per heavy atom. The second-order valence-corrected chi connectivity index (χ2v) is 5.89. The molecule has 7 heteroatoms. The van der Waals surface area contributed by atoms with E-state index in [1.54, 1.807) is 17.0 Å². The molecule has 0 bridgehead atoms. The molecule has 1 heterocycles. The van der Waals surface area contributed by atoms with Gasteiger partial charge in [-0.3, -0.25) is 9.59 Å². The highest BCUT2D eigenvalue weighted by atomic mass is 16.2. The maximum Gasteiger partial charge on any atom is 0.254 e. The minimum Gasteiger partial charge on any atom is -0.370 e. The average molecular weight is 315 g/mol. The highest BCUT2D eigenvalue weighted by Crippen LogP contribution is 2.18. The lowest BCUT2D eigenvalue weighted by molar-refractivity contribution is -0.123. The van der Waals surface area contributed by atoms with Crippen LogP contribution in [0, 0.1) is 0 Å². The molecule has 1 saturated heterocycles. The van der Waals surface area contributed by atoms with Gasteiger partial charge in [-0.05, 0) is 30.5 Å². The van der Waals surface area contributed by atoms with Gasteiger partial charge in [0.15, 0.2) is 5.96 Å². The molecule has 4 N–H and O–H groups in total. The largest absolute Gasteiger partial charge is 0.370 e. The number of carbonyl (C=O) groups excluding carboxylic acids is 2. The summed E-state index contributed by atoms with van der Waals surface area (Å²) in [6, 6.07) is 7.76. The molecule has 1 aromatic rings. The Labute approximate surface area is 134 Å². The van der Waals surface area contributed by atoms with E-state index in [0.717, 1.165) is 18.4 Å². The third-order valence-corrected chi connectivity index (χ3v) is 3.89. The Balaban J connectivity index is 1.57. The number of aliphatic imine (C=N–C) groups is 1. The van der Waals surface area contributed by atoms with Crippen LogP contribution in [0.4, 0.5) is 0 Å². The fourth-order valence-corrected chi connectivity index (χ4v) is 2.41. The fraction of sp³-hybridized carbons (Fsp3) is 0.438. The van der Waals surface area contributed by atoms with Crippen molar-refractivity contribution in [2.75, 3.05) is 19.6 Å². The second-order valence-electron chi connectivity index (χ2n) is 5.89. The summed E-state index contributed by atoms with van der Waals surface area (Å²) in [5.74, 6) is 0.228. The quantitative estimate of drug-likeness (QED) is 0.530. The third kappa shape index (κ3) is 4.21. The molecule has 0 aromatic heterocycles. The maximum atomic E-state index is 12.3. The van der Waals surface area contributed by atoms with E-state index in [0.29, 0.717) is 37.2 Å². The molecule has 23 heavy (non-hydrogen) atoms. The van der Waals surface area contributed by atoms with Gasteiger partial charge >= 0.3 is 0 Å². The van der Waals surface area contributed by atoms with Crippen LogP contribution in [0.5, 0.6) is 0 Å². The van der Waals surface area contributed by atoms with Gasteiger partial charge in [-0.2, -0.15) is 0 Å². The van der Waals surface area contributed by atoms with Gasteiger partial charge in [0, 0.05) is 24.7 Å². The summed E-state index contributed by atoms with van der Waals surface area (Å²) >= 11 is 0. The Kier molecular flexibility index (Phi) is 4.45. The van der Waals surface area contributed by atoms with Crippen molar-refractivity contribution in [3.05, 3.63) is 35.4 Å². The zero-order valence-electron chi connectivity index (χ0n) is 12.9. The zero-order valence-corrected chi connectivity index (χ0v) is 12.9. The Morgan fingerprint density at radius 2 is 2.09 bits per heavy atom. The second kappa shape index (κ2) is 6.68. The van der Waals surface area contributed by atoms with E-state index in [2.05, 4.69) is 15.6 Å². The molecule has 1 aliphatic carbocycles. The first-order valence-electron chi connectivity index (χ1n) is 7.83. The van der Waals surface area contributed by atoms with Crippen LogP contribution in [0.1, 0.15) is 28.8 Å². The topological polar surface area (TPSA) is 99.8 Å². The molecule has 2 fully saturated rings. The van der Waals surface area contributed by atoms with Crippen LogP contribution in [0.2, 0.25) is 0 Å². The normalized spacial score (nSPS) is 18.5. The van der Waals surface area contributed by atoms with Crippen molar-refractivity contribution in [2.45, 2.75) is 25.4 Å². The van der Waals surface area contributed by atoms with Crippen molar-refractivity contribution < 1.29 is 9.59 Å². The first-order valence-corrected chi connectivity index (χ1v) is 7.83. The maximum absolute atomic E-state index is 12.3. The SMILES string of the molecule is NC(=NCc1ccc(C(=O)N2CCNC(=O)C2)cc1)NC1CC1. The van der Waals surface area contributed by atoms with Gasteiger partial charge in [-0.15, -0.1) is 0 Å². The van der Waals surface area contributed by atoms with Crippen LogP contribution >= 0.6 is 0 Å². The first-order chi connectivity index (χ1) is 11.1. The molecule has 2 aliphatic rings. The lowest BCUT2D eigenvalue weighted by Crippen LogP contribution is -2.49. The number of nitrogens with two attached hydrogens (primary N) is 1. The number of hydrogen-bond acceptors (Lipinski definition) is 3. The number of amides is 2. The van der Waals surface area contributed by atoms with Crippen LogP contribution in [0.25, 0.3) is 0 Å². The molecule has 1 aromatic carbocycles. The van der Waals surface area contributed by atoms with Gasteiger partial charge in [0.25, 0.3) is 5.91 Å². The lowest BCUT2D eigenvalue weighted by Gasteiger charge is -2.26. The smallest absolute Gasteiger partial charge is 0.254 e. The number of nitrogens with one attached hydrogen (secondary N) is 2. The molecule has 122 valence electrons. The summed E-state index contributed by atoms with van der Waals surface area (Å²) in [5, 5.41) is 5.84. The van der Waals surface area contributed by atoms with Crippen LogP contribution in [0.3, 0.4) is 0 Å². The molecule has 0 radical (unpaired) electrons. The highest BCUT2D eigenvalue weighted by Gasteiger charge is 2.22. The Bertz CT molecular complexity index is 622. The molecule has 1 aliphatic heterocycles. The monoisotopic (exact) mass is 315 g/mol. The first kappa shape index (κ1) is 15.3. The van der Waals surface area contributed by atoms with Crippen LogP contribution < -0.4 is 16.4 Å². The molecule has 3 rings (SSSR count). The number of nitrogens with zero attached hydrogens (tertiary/aromatic N) is 2. The highest BCUT2D eigenvalue weighted by molar-refractivity contribution is 5.97. The van der Waals surface area contributed by atoms with Crippen molar-refractivity contribution in [3.8, 4) is 0 Å². The van der Waals surface area contributed by atoms with Crippen LogP contribution in [-0.2, 0) is 11.3 Å². The molecule has 0 spiro atoms. The minimum atomic E-state index is -0.121. The van der Waals surface area contributed by atoms with E-state index in [1.807, 2.05) is 12.1 Å². The van der Waals surface area contributed by atoms with E-state index in [-0.39, 0.29) is 18.4 Å². The average Bonchev–Trinajstić information content (AvgIpc) is 3.37. The van der Waals surface area contributed by atoms with Gasteiger partial charge in [-0.1, -0.05) is 12.1 Å². The van der Waals surface area contributed by atoms with Crippen molar-refractivity contribution >= 4 is 17.8 Å². The van der Waals surface area contributed by atoms with E-state index >= 15 is 0 Å². The molecule has 0 unspecified atom stereocenters.